The Morgan fingerprint density at radius 1 is 1.17 bits per heavy atom. The van der Waals surface area contributed by atoms with Crippen LogP contribution in [-0.4, -0.2) is 53.1 Å². The molecule has 1 N–H and O–H groups in total. The Labute approximate surface area is 270 Å². The summed E-state index contributed by atoms with van der Waals surface area (Å²) in [5.74, 6) is -0.516. The number of hydrogen-bond acceptors (Lipinski definition) is 8. The smallest absolute Gasteiger partial charge is 0.335 e. The third-order valence-electron chi connectivity index (χ3n) is 7.98. The number of aryl methyl sites for hydroxylation is 1. The molecular weight excluding hydrogens is 633 g/mol. The van der Waals surface area contributed by atoms with Crippen molar-refractivity contribution in [1.82, 2.24) is 29.3 Å². The number of rotatable bonds is 11. The number of hydrogen-bond donors (Lipinski definition) is 1. The fourth-order valence-corrected chi connectivity index (χ4v) is 6.27. The highest BCUT2D eigenvalue weighted by molar-refractivity contribution is 7.15. The van der Waals surface area contributed by atoms with Crippen molar-refractivity contribution in [3.63, 3.8) is 0 Å². The average molecular weight is 661 g/mol. The Bertz CT molecular complexity index is 2110. The number of alkyl halides is 2. The number of carboxylic acids is 1. The Kier molecular flexibility index (Phi) is 8.20. The zero-order chi connectivity index (χ0) is 32.7. The molecule has 0 spiro atoms. The lowest BCUT2D eigenvalue weighted by Gasteiger charge is -2.27. The van der Waals surface area contributed by atoms with Crippen molar-refractivity contribution in [3.8, 4) is 27.6 Å². The first-order valence-corrected chi connectivity index (χ1v) is 15.5. The van der Waals surface area contributed by atoms with Crippen LogP contribution in [0.2, 0.25) is 0 Å². The number of aromatic nitrogens is 6. The molecule has 0 radical (unpaired) electrons. The Balaban J connectivity index is 1.09. The lowest BCUT2D eigenvalue weighted by Crippen LogP contribution is -2.31. The van der Waals surface area contributed by atoms with E-state index >= 15 is 4.39 Å². The van der Waals surface area contributed by atoms with Gasteiger partial charge >= 0.3 is 12.5 Å². The number of carbonyl (C=O) groups is 1. The summed E-state index contributed by atoms with van der Waals surface area (Å²) in [6.45, 7) is 0.440. The molecule has 240 valence electrons. The van der Waals surface area contributed by atoms with Gasteiger partial charge in [0.2, 0.25) is 5.88 Å². The molecule has 0 saturated carbocycles. The highest BCUT2D eigenvalue weighted by Gasteiger charge is 2.23. The van der Waals surface area contributed by atoms with E-state index in [9.17, 15) is 18.7 Å². The molecule has 1 fully saturated rings. The molecule has 1 saturated heterocycles. The first-order valence-electron chi connectivity index (χ1n) is 14.7. The van der Waals surface area contributed by atoms with Crippen molar-refractivity contribution >= 4 is 28.3 Å². The van der Waals surface area contributed by atoms with Crippen LogP contribution in [0.25, 0.3) is 32.7 Å². The minimum atomic E-state index is -2.72. The first kappa shape index (κ1) is 30.6. The van der Waals surface area contributed by atoms with Crippen LogP contribution in [0.3, 0.4) is 0 Å². The average Bonchev–Trinajstić information content (AvgIpc) is 3.78. The molecule has 1 atom stereocenters. The number of halogens is 3. The number of nitrogens with zero attached hydrogens (tertiary/aromatic N) is 6. The SMILES string of the molecule is Cc1cc(Cc2nc3ccc(C(=O)O)cc3n2C[C@@H]2CCO2)c(F)cc1-c1cccc(OCc2ncc(-c3cnn(C(F)F)c3)s2)n1. The van der Waals surface area contributed by atoms with Crippen LogP contribution in [0.4, 0.5) is 13.2 Å². The Morgan fingerprint density at radius 2 is 2.02 bits per heavy atom. The number of thiazole rings is 1. The van der Waals surface area contributed by atoms with E-state index in [-0.39, 0.29) is 24.7 Å². The zero-order valence-electron chi connectivity index (χ0n) is 24.9. The summed E-state index contributed by atoms with van der Waals surface area (Å²) >= 11 is 1.30. The van der Waals surface area contributed by atoms with Gasteiger partial charge in [0.25, 0.3) is 0 Å². The maximum Gasteiger partial charge on any atom is 0.335 e. The fourth-order valence-electron chi connectivity index (χ4n) is 5.46. The molecule has 10 nitrogen and oxygen atoms in total. The number of benzene rings is 2. The van der Waals surface area contributed by atoms with E-state index in [1.807, 2.05) is 11.5 Å². The minimum absolute atomic E-state index is 0.00939. The topological polar surface area (TPSA) is 117 Å². The standard InChI is InChI=1S/C33H27F3N6O4S/c1-18-9-20(11-29-39-26-6-5-19(32(43)44)10-27(26)41(29)16-22-7-8-45-22)24(34)12-23(18)25-3-2-4-30(40-25)46-17-31-37-14-28(47-31)21-13-38-42(15-21)33(35)36/h2-6,9-10,12-15,22,33H,7-8,11,16-17H2,1H3,(H,43,44)/t22-/m0/s1. The number of ether oxygens (including phenoxy) is 2. The van der Waals surface area contributed by atoms with Gasteiger partial charge in [0.15, 0.2) is 0 Å². The molecule has 1 aliphatic rings. The van der Waals surface area contributed by atoms with Crippen LogP contribution in [0, 0.1) is 12.7 Å². The molecule has 7 rings (SSSR count). The van der Waals surface area contributed by atoms with Gasteiger partial charge in [0, 0.05) is 42.6 Å². The molecule has 2 aromatic carbocycles. The van der Waals surface area contributed by atoms with Gasteiger partial charge in [0.1, 0.15) is 23.3 Å². The summed E-state index contributed by atoms with van der Waals surface area (Å²) in [6, 6.07) is 13.2. The number of pyridine rings is 1. The summed E-state index contributed by atoms with van der Waals surface area (Å²) in [5, 5.41) is 13.8. The first-order chi connectivity index (χ1) is 22.7. The molecule has 5 heterocycles. The molecule has 6 aromatic rings. The van der Waals surface area contributed by atoms with E-state index in [1.54, 1.807) is 42.6 Å². The van der Waals surface area contributed by atoms with Crippen LogP contribution in [0.15, 0.2) is 67.1 Å². The highest BCUT2D eigenvalue weighted by atomic mass is 32.1. The highest BCUT2D eigenvalue weighted by Crippen LogP contribution is 2.31. The lowest BCUT2D eigenvalue weighted by atomic mass is 9.99. The quantitative estimate of drug-likeness (QED) is 0.159. The normalized spacial score (nSPS) is 14.5. The van der Waals surface area contributed by atoms with Gasteiger partial charge in [-0.3, -0.25) is 0 Å². The molecular formula is C33H27F3N6O4S. The van der Waals surface area contributed by atoms with Gasteiger partial charge in [-0.15, -0.1) is 11.3 Å². The number of imidazole rings is 1. The van der Waals surface area contributed by atoms with E-state index in [2.05, 4.69) is 15.1 Å². The van der Waals surface area contributed by atoms with Crippen LogP contribution in [0.1, 0.15) is 45.3 Å². The molecule has 47 heavy (non-hydrogen) atoms. The summed E-state index contributed by atoms with van der Waals surface area (Å²) in [4.78, 5) is 25.9. The van der Waals surface area contributed by atoms with Crippen LogP contribution >= 0.6 is 11.3 Å². The minimum Gasteiger partial charge on any atom is -0.478 e. The van der Waals surface area contributed by atoms with Crippen molar-refractivity contribution in [2.45, 2.75) is 45.6 Å². The van der Waals surface area contributed by atoms with E-state index < -0.39 is 18.3 Å². The second-order valence-corrected chi connectivity index (χ2v) is 12.2. The van der Waals surface area contributed by atoms with Gasteiger partial charge in [-0.25, -0.2) is 28.8 Å². The predicted molar refractivity (Wildman–Crippen MR) is 167 cm³/mol. The summed E-state index contributed by atoms with van der Waals surface area (Å²) in [7, 11) is 0. The monoisotopic (exact) mass is 660 g/mol. The molecule has 4 aromatic heterocycles. The number of carboxylic acid groups (broad SMARTS) is 1. The van der Waals surface area contributed by atoms with Gasteiger partial charge in [-0.1, -0.05) is 12.1 Å². The second kappa shape index (κ2) is 12.6. The third kappa shape index (κ3) is 6.33. The van der Waals surface area contributed by atoms with Gasteiger partial charge in [-0.05, 0) is 54.8 Å². The van der Waals surface area contributed by atoms with Crippen molar-refractivity contribution in [2.24, 2.45) is 0 Å². The van der Waals surface area contributed by atoms with Gasteiger partial charge in [0.05, 0.1) is 46.0 Å². The van der Waals surface area contributed by atoms with Gasteiger partial charge in [-0.2, -0.15) is 13.9 Å². The zero-order valence-corrected chi connectivity index (χ0v) is 25.8. The predicted octanol–water partition coefficient (Wildman–Crippen LogP) is 6.92. The third-order valence-corrected chi connectivity index (χ3v) is 9.00. The molecule has 14 heteroatoms. The molecule has 1 aliphatic heterocycles. The lowest BCUT2D eigenvalue weighted by molar-refractivity contribution is -0.0589. The molecule has 0 aliphatic carbocycles. The van der Waals surface area contributed by atoms with Crippen molar-refractivity contribution in [1.29, 1.82) is 0 Å². The van der Waals surface area contributed by atoms with Crippen LogP contribution in [-0.2, 0) is 24.3 Å². The van der Waals surface area contributed by atoms with Crippen molar-refractivity contribution in [3.05, 3.63) is 100 Å². The second-order valence-electron chi connectivity index (χ2n) is 11.1. The van der Waals surface area contributed by atoms with Gasteiger partial charge < -0.3 is 19.1 Å². The summed E-state index contributed by atoms with van der Waals surface area (Å²) < 4.78 is 55.5. The van der Waals surface area contributed by atoms with Crippen molar-refractivity contribution < 1.29 is 32.5 Å². The molecule has 0 unspecified atom stereocenters. The van der Waals surface area contributed by atoms with E-state index in [0.29, 0.717) is 72.8 Å². The Morgan fingerprint density at radius 3 is 2.77 bits per heavy atom. The largest absolute Gasteiger partial charge is 0.478 e. The fraction of sp³-hybridized carbons (Fsp3) is 0.242. The molecule has 0 bridgehead atoms. The number of aromatic carboxylic acids is 1. The van der Waals surface area contributed by atoms with Crippen LogP contribution in [0.5, 0.6) is 5.88 Å². The van der Waals surface area contributed by atoms with Crippen molar-refractivity contribution in [2.75, 3.05) is 6.61 Å². The van der Waals surface area contributed by atoms with E-state index in [4.69, 9.17) is 14.5 Å². The number of fused-ring (bicyclic) bond motifs is 1. The Hall–Kier alpha value is -5.08. The van der Waals surface area contributed by atoms with Crippen LogP contribution < -0.4 is 4.74 Å². The van der Waals surface area contributed by atoms with E-state index in [0.717, 1.165) is 12.0 Å². The summed E-state index contributed by atoms with van der Waals surface area (Å²) in [6.07, 6.45) is 5.28. The van der Waals surface area contributed by atoms with E-state index in [1.165, 1.54) is 35.9 Å². The maximum atomic E-state index is 15.7. The maximum absolute atomic E-state index is 15.7. The molecule has 0 amide bonds. The summed E-state index contributed by atoms with van der Waals surface area (Å²) in [5.41, 5.74) is 4.37.